The summed E-state index contributed by atoms with van der Waals surface area (Å²) in [6.45, 7) is 6.24. The van der Waals surface area contributed by atoms with Crippen molar-refractivity contribution in [2.24, 2.45) is 0 Å². The first-order chi connectivity index (χ1) is 15.6. The Bertz CT molecular complexity index is 1090. The molecule has 0 aliphatic carbocycles. The number of ether oxygens (including phenoxy) is 1. The first kappa shape index (κ1) is 23.3. The molecule has 0 unspecified atom stereocenters. The van der Waals surface area contributed by atoms with E-state index in [4.69, 9.17) is 4.74 Å². The number of carbonyl (C=O) groups excluding carboxylic acids is 1. The molecule has 0 radical (unpaired) electrons. The Balaban J connectivity index is 1.56. The van der Waals surface area contributed by atoms with Crippen LogP contribution in [0.1, 0.15) is 53.7 Å². The van der Waals surface area contributed by atoms with Gasteiger partial charge in [0.15, 0.2) is 0 Å². The lowest BCUT2D eigenvalue weighted by molar-refractivity contribution is -0.0204. The molecule has 0 bridgehead atoms. The van der Waals surface area contributed by atoms with E-state index in [1.165, 1.54) is 0 Å². The molecule has 0 atom stereocenters. The Hall–Kier alpha value is -2.85. The van der Waals surface area contributed by atoms with Gasteiger partial charge in [0.25, 0.3) is 5.91 Å². The van der Waals surface area contributed by atoms with Gasteiger partial charge >= 0.3 is 0 Å². The van der Waals surface area contributed by atoms with Gasteiger partial charge in [-0.25, -0.2) is 0 Å². The molecular weight excluding hydrogens is 416 g/mol. The van der Waals surface area contributed by atoms with Gasteiger partial charge in [-0.05, 0) is 69.6 Å². The Kier molecular flexibility index (Phi) is 6.49. The fourth-order valence-corrected chi connectivity index (χ4v) is 4.27. The first-order valence-electron chi connectivity index (χ1n) is 11.4. The van der Waals surface area contributed by atoms with Gasteiger partial charge in [0.2, 0.25) is 0 Å². The minimum absolute atomic E-state index is 0.0956. The highest BCUT2D eigenvalue weighted by Gasteiger charge is 2.34. The summed E-state index contributed by atoms with van der Waals surface area (Å²) in [5.74, 6) is 6.38. The molecule has 6 heteroatoms. The van der Waals surface area contributed by atoms with Crippen molar-refractivity contribution in [3.63, 3.8) is 0 Å². The Morgan fingerprint density at radius 3 is 2.61 bits per heavy atom. The van der Waals surface area contributed by atoms with Crippen LogP contribution < -0.4 is 4.74 Å². The van der Waals surface area contributed by atoms with Crippen LogP contribution >= 0.6 is 0 Å². The first-order valence-corrected chi connectivity index (χ1v) is 11.4. The number of benzene rings is 2. The van der Waals surface area contributed by atoms with Crippen LogP contribution in [0.2, 0.25) is 0 Å². The molecule has 2 N–H and O–H groups in total. The summed E-state index contributed by atoms with van der Waals surface area (Å²) in [7, 11) is 2.07. The van der Waals surface area contributed by atoms with Crippen LogP contribution in [-0.2, 0) is 12.1 Å². The Labute approximate surface area is 195 Å². The van der Waals surface area contributed by atoms with Crippen LogP contribution in [0.25, 0.3) is 0 Å². The molecule has 1 fully saturated rings. The third-order valence-corrected chi connectivity index (χ3v) is 6.30. The van der Waals surface area contributed by atoms with E-state index in [-0.39, 0.29) is 5.91 Å². The summed E-state index contributed by atoms with van der Waals surface area (Å²) in [5, 5.41) is 21.1. The molecule has 2 aromatic rings. The second-order valence-corrected chi connectivity index (χ2v) is 9.62. The van der Waals surface area contributed by atoms with Crippen LogP contribution in [0.15, 0.2) is 42.5 Å². The van der Waals surface area contributed by atoms with Crippen molar-refractivity contribution in [2.45, 2.75) is 44.4 Å². The highest BCUT2D eigenvalue weighted by molar-refractivity contribution is 5.94. The van der Waals surface area contributed by atoms with E-state index in [1.807, 2.05) is 24.3 Å². The largest absolute Gasteiger partial charge is 0.491 e. The summed E-state index contributed by atoms with van der Waals surface area (Å²) in [6, 6.07) is 13.0. The molecule has 0 spiro atoms. The number of rotatable bonds is 2. The van der Waals surface area contributed by atoms with Crippen molar-refractivity contribution in [1.29, 1.82) is 0 Å². The molecule has 1 amide bonds. The zero-order chi connectivity index (χ0) is 23.6. The van der Waals surface area contributed by atoms with Crippen molar-refractivity contribution in [1.82, 2.24) is 9.80 Å². The van der Waals surface area contributed by atoms with Crippen LogP contribution in [-0.4, -0.2) is 64.8 Å². The normalized spacial score (nSPS) is 18.4. The van der Waals surface area contributed by atoms with Crippen molar-refractivity contribution >= 4 is 5.91 Å². The van der Waals surface area contributed by atoms with Crippen molar-refractivity contribution < 1.29 is 19.7 Å². The van der Waals surface area contributed by atoms with Crippen molar-refractivity contribution in [3.8, 4) is 17.6 Å². The van der Waals surface area contributed by atoms with E-state index in [2.05, 4.69) is 23.8 Å². The average molecular weight is 449 g/mol. The molecule has 2 aliphatic heterocycles. The predicted octanol–water partition coefficient (Wildman–Crippen LogP) is 2.76. The molecule has 174 valence electrons. The van der Waals surface area contributed by atoms with Gasteiger partial charge in [-0.2, -0.15) is 0 Å². The van der Waals surface area contributed by atoms with Crippen molar-refractivity contribution in [3.05, 3.63) is 64.7 Å². The van der Waals surface area contributed by atoms with Gasteiger partial charge in [0.1, 0.15) is 18.0 Å². The van der Waals surface area contributed by atoms with Gasteiger partial charge in [-0.1, -0.05) is 24.0 Å². The minimum Gasteiger partial charge on any atom is -0.491 e. The number of fused-ring (bicyclic) bond motifs is 1. The number of carbonyl (C=O) groups is 1. The quantitative estimate of drug-likeness (QED) is 0.692. The van der Waals surface area contributed by atoms with E-state index >= 15 is 0 Å². The molecule has 1 saturated heterocycles. The molecule has 33 heavy (non-hydrogen) atoms. The number of hydrogen-bond donors (Lipinski definition) is 2. The Morgan fingerprint density at radius 1 is 1.12 bits per heavy atom. The number of aliphatic hydroxyl groups is 2. The van der Waals surface area contributed by atoms with Crippen LogP contribution in [0.3, 0.4) is 0 Å². The number of hydrogen-bond acceptors (Lipinski definition) is 5. The van der Waals surface area contributed by atoms with E-state index in [9.17, 15) is 15.0 Å². The number of piperidine rings is 1. The molecule has 4 rings (SSSR count). The monoisotopic (exact) mass is 448 g/mol. The van der Waals surface area contributed by atoms with Gasteiger partial charge in [0, 0.05) is 36.3 Å². The summed E-state index contributed by atoms with van der Waals surface area (Å²) >= 11 is 0. The maximum absolute atomic E-state index is 13.3. The summed E-state index contributed by atoms with van der Waals surface area (Å²) in [4.78, 5) is 17.3. The highest BCUT2D eigenvalue weighted by atomic mass is 16.5. The maximum atomic E-state index is 13.3. The van der Waals surface area contributed by atoms with Crippen molar-refractivity contribution in [2.75, 3.05) is 33.3 Å². The molecule has 2 aliphatic rings. The van der Waals surface area contributed by atoms with E-state index < -0.39 is 11.2 Å². The zero-order valence-electron chi connectivity index (χ0n) is 19.6. The van der Waals surface area contributed by atoms with E-state index in [1.54, 1.807) is 36.9 Å². The fraction of sp³-hybridized carbons (Fsp3) is 0.444. The van der Waals surface area contributed by atoms with E-state index in [0.29, 0.717) is 43.7 Å². The van der Waals surface area contributed by atoms with Crippen LogP contribution in [0, 0.1) is 11.8 Å². The minimum atomic E-state index is -1.10. The molecule has 2 aromatic carbocycles. The third-order valence-electron chi connectivity index (χ3n) is 6.30. The molecule has 0 saturated carbocycles. The Morgan fingerprint density at radius 2 is 1.88 bits per heavy atom. The standard InChI is InChI=1S/C27H32N2O4/c1-26(2,31)10-9-20-5-4-6-21(17-20)25(30)29-15-16-33-24-8-7-23(18-22(24)19-29)27(32)11-13-28(3)14-12-27/h4-8,17-18,31-32H,11-16,19H2,1-3H3. The lowest BCUT2D eigenvalue weighted by atomic mass is 9.84. The van der Waals surface area contributed by atoms with Crippen LogP contribution in [0.4, 0.5) is 0 Å². The topological polar surface area (TPSA) is 73.2 Å². The summed E-state index contributed by atoms with van der Waals surface area (Å²) in [6.07, 6.45) is 1.37. The van der Waals surface area contributed by atoms with E-state index in [0.717, 1.165) is 30.0 Å². The summed E-state index contributed by atoms with van der Waals surface area (Å²) < 4.78 is 5.92. The molecular formula is C27H32N2O4. The lowest BCUT2D eigenvalue weighted by Gasteiger charge is -2.37. The highest BCUT2D eigenvalue weighted by Crippen LogP contribution is 2.36. The van der Waals surface area contributed by atoms with Gasteiger partial charge < -0.3 is 24.7 Å². The maximum Gasteiger partial charge on any atom is 0.254 e. The number of likely N-dealkylation sites (tertiary alicyclic amines) is 1. The number of nitrogens with zero attached hydrogens (tertiary/aromatic N) is 2. The SMILES string of the molecule is CN1CCC(O)(c2ccc3c(c2)CN(C(=O)c2cccc(C#CC(C)(C)O)c2)CCO3)CC1. The van der Waals surface area contributed by atoms with Crippen LogP contribution in [0.5, 0.6) is 5.75 Å². The third kappa shape index (κ3) is 5.56. The zero-order valence-corrected chi connectivity index (χ0v) is 19.6. The second-order valence-electron chi connectivity index (χ2n) is 9.62. The average Bonchev–Trinajstić information content (AvgIpc) is 3.01. The molecule has 2 heterocycles. The van der Waals surface area contributed by atoms with Gasteiger partial charge in [-0.3, -0.25) is 4.79 Å². The predicted molar refractivity (Wildman–Crippen MR) is 127 cm³/mol. The van der Waals surface area contributed by atoms with Gasteiger partial charge in [-0.15, -0.1) is 0 Å². The smallest absolute Gasteiger partial charge is 0.254 e. The second kappa shape index (κ2) is 9.18. The summed E-state index contributed by atoms with van der Waals surface area (Å²) in [5.41, 5.74) is 1.07. The fourth-order valence-electron chi connectivity index (χ4n) is 4.27. The van der Waals surface area contributed by atoms with Gasteiger partial charge in [0.05, 0.1) is 12.1 Å². The molecule has 6 nitrogen and oxygen atoms in total. The molecule has 0 aromatic heterocycles. The lowest BCUT2D eigenvalue weighted by Crippen LogP contribution is -2.40. The number of amides is 1.